The van der Waals surface area contributed by atoms with Gasteiger partial charge in [0.25, 0.3) is 0 Å². The molecule has 5 aromatic rings. The molecule has 2 heteroatoms. The minimum absolute atomic E-state index is 0.198. The van der Waals surface area contributed by atoms with Gasteiger partial charge in [-0.1, -0.05) is 91.0 Å². The molecule has 0 saturated heterocycles. The van der Waals surface area contributed by atoms with Crippen LogP contribution in [-0.2, 0) is 13.0 Å². The monoisotopic (exact) mass is 572 g/mol. The third-order valence-corrected chi connectivity index (χ3v) is 9.20. The average Bonchev–Trinajstić information content (AvgIpc) is 3.43. The molecule has 1 atom stereocenters. The highest BCUT2D eigenvalue weighted by molar-refractivity contribution is 5.90. The summed E-state index contributed by atoms with van der Waals surface area (Å²) >= 11 is 0. The van der Waals surface area contributed by atoms with Crippen molar-refractivity contribution in [2.75, 3.05) is 0 Å². The zero-order valence-corrected chi connectivity index (χ0v) is 25.8. The normalized spacial score (nSPS) is 15.3. The number of allylic oxidation sites excluding steroid dienone is 6. The molecule has 0 spiro atoms. The first-order chi connectivity index (χ1) is 21.7. The minimum atomic E-state index is 0.198. The van der Waals surface area contributed by atoms with Crippen molar-refractivity contribution in [3.63, 3.8) is 0 Å². The summed E-state index contributed by atoms with van der Waals surface area (Å²) in [4.78, 5) is 0. The lowest BCUT2D eigenvalue weighted by Crippen LogP contribution is -2.26. The Hall–Kier alpha value is -4.66. The number of fused-ring (bicyclic) bond motifs is 3. The minimum Gasteiger partial charge on any atom is -0.310 e. The molecule has 1 N–H and O–H groups in total. The first kappa shape index (κ1) is 28.1. The van der Waals surface area contributed by atoms with Gasteiger partial charge in [0.2, 0.25) is 0 Å². The Labute approximate surface area is 261 Å². The molecule has 0 fully saturated rings. The number of aromatic nitrogens is 1. The predicted molar refractivity (Wildman–Crippen MR) is 189 cm³/mol. The Morgan fingerprint density at radius 2 is 1.59 bits per heavy atom. The largest absolute Gasteiger partial charge is 0.310 e. The number of aryl methyl sites for hydroxylation is 1. The van der Waals surface area contributed by atoms with Crippen molar-refractivity contribution in [1.82, 2.24) is 9.88 Å². The molecular weight excluding hydrogens is 532 g/mol. The molecule has 1 heterocycles. The standard InChI is InChI=1S/C42H40N2/c1-3-38(36-27-34(32-14-6-4-7-15-32)26-35(28-36)33-16-8-5-9-17-33)30(2)43-29-31-22-24-37(25-23-31)44-41-20-12-10-18-39(41)40-19-11-13-21-42(40)44/h3-8,10,12-16,18,20-28,30,43H,9,11,17,19,29H2,1-2H3/b38-3+. The average molecular weight is 573 g/mol. The maximum atomic E-state index is 3.83. The Kier molecular flexibility index (Phi) is 8.01. The van der Waals surface area contributed by atoms with Crippen LogP contribution < -0.4 is 5.32 Å². The van der Waals surface area contributed by atoms with Gasteiger partial charge in [-0.2, -0.15) is 0 Å². The van der Waals surface area contributed by atoms with Crippen molar-refractivity contribution in [2.24, 2.45) is 0 Å². The van der Waals surface area contributed by atoms with Gasteiger partial charge in [-0.25, -0.2) is 0 Å². The summed E-state index contributed by atoms with van der Waals surface area (Å²) in [5.41, 5.74) is 14.5. The number of benzene rings is 4. The maximum Gasteiger partial charge on any atom is 0.0537 e. The Bertz CT molecular complexity index is 1910. The number of hydrogen-bond acceptors (Lipinski definition) is 1. The topological polar surface area (TPSA) is 17.0 Å². The summed E-state index contributed by atoms with van der Waals surface area (Å²) in [6.07, 6.45) is 18.0. The lowest BCUT2D eigenvalue weighted by molar-refractivity contribution is 0.644. The summed E-state index contributed by atoms with van der Waals surface area (Å²) in [7, 11) is 0. The van der Waals surface area contributed by atoms with Crippen molar-refractivity contribution < 1.29 is 0 Å². The summed E-state index contributed by atoms with van der Waals surface area (Å²) < 4.78 is 2.42. The van der Waals surface area contributed by atoms with Crippen LogP contribution in [0.4, 0.5) is 0 Å². The second-order valence-electron chi connectivity index (χ2n) is 12.0. The van der Waals surface area contributed by atoms with E-state index in [1.165, 1.54) is 66.8 Å². The number of nitrogens with one attached hydrogen (secondary N) is 1. The van der Waals surface area contributed by atoms with E-state index in [4.69, 9.17) is 0 Å². The van der Waals surface area contributed by atoms with E-state index < -0.39 is 0 Å². The van der Waals surface area contributed by atoms with Crippen molar-refractivity contribution in [2.45, 2.75) is 52.1 Å². The predicted octanol–water partition coefficient (Wildman–Crippen LogP) is 10.6. The van der Waals surface area contributed by atoms with E-state index in [0.717, 1.165) is 32.2 Å². The lowest BCUT2D eigenvalue weighted by atomic mass is 9.89. The second-order valence-corrected chi connectivity index (χ2v) is 12.0. The van der Waals surface area contributed by atoms with E-state index in [9.17, 15) is 0 Å². The van der Waals surface area contributed by atoms with Gasteiger partial charge in [-0.05, 0) is 127 Å². The van der Waals surface area contributed by atoms with Gasteiger partial charge in [-0.3, -0.25) is 0 Å². The third-order valence-electron chi connectivity index (χ3n) is 9.20. The van der Waals surface area contributed by atoms with Crippen LogP contribution in [0.2, 0.25) is 0 Å². The molecule has 0 saturated carbocycles. The zero-order chi connectivity index (χ0) is 29.9. The number of nitrogens with zero attached hydrogens (tertiary/aromatic N) is 1. The van der Waals surface area contributed by atoms with Crippen LogP contribution in [0.3, 0.4) is 0 Å². The van der Waals surface area contributed by atoms with Gasteiger partial charge in [-0.15, -0.1) is 0 Å². The molecule has 1 aromatic heterocycles. The van der Waals surface area contributed by atoms with Crippen LogP contribution >= 0.6 is 0 Å². The van der Waals surface area contributed by atoms with E-state index in [-0.39, 0.29) is 6.04 Å². The highest BCUT2D eigenvalue weighted by atomic mass is 15.0. The van der Waals surface area contributed by atoms with Gasteiger partial charge in [0, 0.05) is 29.4 Å². The first-order valence-electron chi connectivity index (χ1n) is 16.0. The molecule has 4 aromatic carbocycles. The molecular formula is C42H40N2. The Balaban J connectivity index is 1.13. The zero-order valence-electron chi connectivity index (χ0n) is 25.8. The van der Waals surface area contributed by atoms with Crippen LogP contribution in [0.25, 0.3) is 44.9 Å². The van der Waals surface area contributed by atoms with E-state index in [0.29, 0.717) is 0 Å². The fourth-order valence-corrected chi connectivity index (χ4v) is 6.90. The molecule has 218 valence electrons. The summed E-state index contributed by atoms with van der Waals surface area (Å²) in [5, 5.41) is 5.20. The summed E-state index contributed by atoms with van der Waals surface area (Å²) in [6.45, 7) is 5.26. The van der Waals surface area contributed by atoms with Gasteiger partial charge in [0.05, 0.1) is 5.52 Å². The van der Waals surface area contributed by atoms with Crippen LogP contribution in [0, 0.1) is 0 Å². The van der Waals surface area contributed by atoms with Crippen molar-refractivity contribution >= 4 is 28.1 Å². The first-order valence-corrected chi connectivity index (χ1v) is 16.0. The molecule has 0 aliphatic heterocycles. The molecule has 2 aliphatic rings. The highest BCUT2D eigenvalue weighted by Crippen LogP contribution is 2.35. The van der Waals surface area contributed by atoms with Gasteiger partial charge >= 0.3 is 0 Å². The van der Waals surface area contributed by atoms with E-state index >= 15 is 0 Å². The second kappa shape index (κ2) is 12.5. The lowest BCUT2D eigenvalue weighted by Gasteiger charge is -2.21. The van der Waals surface area contributed by atoms with Crippen LogP contribution in [0.1, 0.15) is 61.1 Å². The van der Waals surface area contributed by atoms with Gasteiger partial charge in [0.1, 0.15) is 0 Å². The highest BCUT2D eigenvalue weighted by Gasteiger charge is 2.18. The maximum absolute atomic E-state index is 3.83. The van der Waals surface area contributed by atoms with Crippen LogP contribution in [0.15, 0.2) is 127 Å². The Morgan fingerprint density at radius 3 is 2.39 bits per heavy atom. The molecule has 2 aliphatic carbocycles. The molecule has 0 amide bonds. The van der Waals surface area contributed by atoms with Crippen LogP contribution in [0.5, 0.6) is 0 Å². The summed E-state index contributed by atoms with van der Waals surface area (Å²) in [5.74, 6) is 0. The van der Waals surface area contributed by atoms with Gasteiger partial charge in [0.15, 0.2) is 0 Å². The fourth-order valence-electron chi connectivity index (χ4n) is 6.90. The number of para-hydroxylation sites is 1. The SMILES string of the molecule is C/C=C(/c1cc(C2=CC=CCC2)cc(-c2ccccc2)c1)C(C)NCc1ccc(-n2c3c(c4ccccc42)CCC=C3)cc1. The van der Waals surface area contributed by atoms with E-state index in [2.05, 4.69) is 157 Å². The smallest absolute Gasteiger partial charge is 0.0537 e. The summed E-state index contributed by atoms with van der Waals surface area (Å²) in [6, 6.07) is 36.0. The number of rotatable bonds is 8. The number of hydrogen-bond donors (Lipinski definition) is 1. The molecule has 44 heavy (non-hydrogen) atoms. The van der Waals surface area contributed by atoms with Crippen molar-refractivity contribution in [3.8, 4) is 16.8 Å². The molecule has 0 radical (unpaired) electrons. The molecule has 7 rings (SSSR count). The molecule has 1 unspecified atom stereocenters. The quantitative estimate of drug-likeness (QED) is 0.196. The molecule has 2 nitrogen and oxygen atoms in total. The van der Waals surface area contributed by atoms with Crippen molar-refractivity contribution in [3.05, 3.63) is 155 Å². The van der Waals surface area contributed by atoms with E-state index in [1.54, 1.807) is 0 Å². The van der Waals surface area contributed by atoms with E-state index in [1.807, 2.05) is 0 Å². The third kappa shape index (κ3) is 5.54. The Morgan fingerprint density at radius 1 is 0.818 bits per heavy atom. The fraction of sp³-hybridized carbons (Fsp3) is 0.190. The van der Waals surface area contributed by atoms with Crippen LogP contribution in [-0.4, -0.2) is 10.6 Å². The molecule has 0 bridgehead atoms. The van der Waals surface area contributed by atoms with Crippen molar-refractivity contribution in [1.29, 1.82) is 0 Å². The van der Waals surface area contributed by atoms with Gasteiger partial charge < -0.3 is 9.88 Å².